The van der Waals surface area contributed by atoms with Gasteiger partial charge in [0.05, 0.1) is 12.7 Å². The van der Waals surface area contributed by atoms with E-state index in [9.17, 15) is 0 Å². The summed E-state index contributed by atoms with van der Waals surface area (Å²) in [5.41, 5.74) is 2.06. The van der Waals surface area contributed by atoms with Crippen LogP contribution >= 0.6 is 11.6 Å². The zero-order valence-electron chi connectivity index (χ0n) is 12.6. The fraction of sp³-hybridized carbons (Fsp3) is 0.222. The summed E-state index contributed by atoms with van der Waals surface area (Å²) in [5.74, 6) is 2.65. The summed E-state index contributed by atoms with van der Waals surface area (Å²) in [6, 6.07) is 15.6. The largest absolute Gasteiger partial charge is 0.496 e. The lowest BCUT2D eigenvalue weighted by Gasteiger charge is -2.03. The number of halogens is 1. The lowest BCUT2D eigenvalue weighted by Crippen LogP contribution is -1.89. The molecule has 4 rings (SSSR count). The van der Waals surface area contributed by atoms with Crippen molar-refractivity contribution < 1.29 is 9.26 Å². The Morgan fingerprint density at radius 2 is 2.00 bits per heavy atom. The standard InChI is InChI=1S/C18H15ClN2O2/c1-22-16-8-3-2-7-13(16)17-20-18(23-21-17)15-10-14(15)11-5-4-6-12(19)9-11/h2-9,14-15H,10H2,1H3. The normalized spacial score (nSPS) is 19.6. The summed E-state index contributed by atoms with van der Waals surface area (Å²) in [4.78, 5) is 4.56. The highest BCUT2D eigenvalue weighted by Gasteiger charge is 2.43. The maximum absolute atomic E-state index is 6.06. The van der Waals surface area contributed by atoms with E-state index < -0.39 is 0 Å². The van der Waals surface area contributed by atoms with Gasteiger partial charge >= 0.3 is 0 Å². The van der Waals surface area contributed by atoms with Crippen molar-refractivity contribution in [3.63, 3.8) is 0 Å². The molecule has 0 spiro atoms. The number of ether oxygens (including phenoxy) is 1. The fourth-order valence-electron chi connectivity index (χ4n) is 2.90. The van der Waals surface area contributed by atoms with Crippen LogP contribution in [0.5, 0.6) is 5.75 Å². The monoisotopic (exact) mass is 326 g/mol. The lowest BCUT2D eigenvalue weighted by molar-refractivity contribution is 0.378. The van der Waals surface area contributed by atoms with Crippen molar-refractivity contribution in [2.24, 2.45) is 0 Å². The number of para-hydroxylation sites is 1. The number of hydrogen-bond donors (Lipinski definition) is 0. The van der Waals surface area contributed by atoms with Crippen molar-refractivity contribution in [3.8, 4) is 17.1 Å². The maximum Gasteiger partial charge on any atom is 0.230 e. The average Bonchev–Trinajstić information content (AvgIpc) is 3.24. The second-order valence-electron chi connectivity index (χ2n) is 5.66. The molecule has 2 atom stereocenters. The van der Waals surface area contributed by atoms with Crippen molar-refractivity contribution in [2.75, 3.05) is 7.11 Å². The number of nitrogens with zero attached hydrogens (tertiary/aromatic N) is 2. The molecule has 0 aliphatic heterocycles. The van der Waals surface area contributed by atoms with E-state index in [-0.39, 0.29) is 5.92 Å². The Morgan fingerprint density at radius 1 is 1.13 bits per heavy atom. The van der Waals surface area contributed by atoms with Crippen molar-refractivity contribution in [1.29, 1.82) is 0 Å². The zero-order chi connectivity index (χ0) is 15.8. The minimum Gasteiger partial charge on any atom is -0.496 e. The highest BCUT2D eigenvalue weighted by atomic mass is 35.5. The number of benzene rings is 2. The molecule has 0 amide bonds. The second kappa shape index (κ2) is 5.70. The molecule has 5 heteroatoms. The van der Waals surface area contributed by atoms with Crippen molar-refractivity contribution >= 4 is 11.6 Å². The molecular weight excluding hydrogens is 312 g/mol. The first-order valence-corrected chi connectivity index (χ1v) is 7.86. The molecule has 23 heavy (non-hydrogen) atoms. The highest BCUT2D eigenvalue weighted by Crippen LogP contribution is 2.54. The van der Waals surface area contributed by atoms with Gasteiger partial charge in [-0.25, -0.2) is 0 Å². The molecule has 2 aromatic carbocycles. The maximum atomic E-state index is 6.06. The van der Waals surface area contributed by atoms with Crippen LogP contribution in [0.1, 0.15) is 29.7 Å². The van der Waals surface area contributed by atoms with Crippen LogP contribution in [0, 0.1) is 0 Å². The van der Waals surface area contributed by atoms with Crippen LogP contribution in [-0.2, 0) is 0 Å². The molecule has 0 bridgehead atoms. The number of hydrogen-bond acceptors (Lipinski definition) is 4. The van der Waals surface area contributed by atoms with Crippen LogP contribution in [0.4, 0.5) is 0 Å². The Balaban J connectivity index is 1.58. The molecule has 1 aliphatic carbocycles. The van der Waals surface area contributed by atoms with E-state index in [1.165, 1.54) is 5.56 Å². The van der Waals surface area contributed by atoms with Gasteiger partial charge < -0.3 is 9.26 Å². The van der Waals surface area contributed by atoms with Crippen LogP contribution < -0.4 is 4.74 Å². The van der Waals surface area contributed by atoms with Gasteiger partial charge in [0.15, 0.2) is 0 Å². The molecule has 1 aromatic heterocycles. The van der Waals surface area contributed by atoms with Gasteiger partial charge in [-0.3, -0.25) is 0 Å². The van der Waals surface area contributed by atoms with Gasteiger partial charge in [-0.05, 0) is 42.2 Å². The van der Waals surface area contributed by atoms with Gasteiger partial charge in [-0.15, -0.1) is 0 Å². The summed E-state index contributed by atoms with van der Waals surface area (Å²) in [7, 11) is 1.63. The smallest absolute Gasteiger partial charge is 0.230 e. The molecule has 3 aromatic rings. The minimum absolute atomic E-state index is 0.268. The quantitative estimate of drug-likeness (QED) is 0.699. The molecule has 4 nitrogen and oxygen atoms in total. The van der Waals surface area contributed by atoms with Crippen LogP contribution in [0.15, 0.2) is 53.1 Å². The molecule has 116 valence electrons. The van der Waals surface area contributed by atoms with Gasteiger partial charge in [0.1, 0.15) is 5.75 Å². The van der Waals surface area contributed by atoms with Crippen molar-refractivity contribution in [3.05, 3.63) is 65.0 Å². The molecule has 1 heterocycles. The number of methoxy groups -OCH3 is 1. The van der Waals surface area contributed by atoms with E-state index in [1.807, 2.05) is 42.5 Å². The Labute approximate surface area is 139 Å². The molecule has 2 unspecified atom stereocenters. The summed E-state index contributed by atoms with van der Waals surface area (Å²) in [5, 5.41) is 4.87. The highest BCUT2D eigenvalue weighted by molar-refractivity contribution is 6.30. The summed E-state index contributed by atoms with van der Waals surface area (Å²) < 4.78 is 10.8. The first kappa shape index (κ1) is 14.3. The average molecular weight is 327 g/mol. The Morgan fingerprint density at radius 3 is 2.83 bits per heavy atom. The summed E-state index contributed by atoms with van der Waals surface area (Å²) in [6.07, 6.45) is 1.01. The third kappa shape index (κ3) is 2.70. The van der Waals surface area contributed by atoms with Gasteiger partial charge in [0, 0.05) is 10.9 Å². The molecule has 0 N–H and O–H groups in total. The Kier molecular flexibility index (Phi) is 3.54. The third-order valence-electron chi connectivity index (χ3n) is 4.17. The fourth-order valence-corrected chi connectivity index (χ4v) is 3.10. The Hall–Kier alpha value is -2.33. The van der Waals surface area contributed by atoms with E-state index in [2.05, 4.69) is 16.2 Å². The predicted octanol–water partition coefficient (Wildman–Crippen LogP) is 4.67. The summed E-state index contributed by atoms with van der Waals surface area (Å²) >= 11 is 6.06. The van der Waals surface area contributed by atoms with E-state index in [0.717, 1.165) is 22.8 Å². The van der Waals surface area contributed by atoms with Gasteiger partial charge in [0.2, 0.25) is 11.7 Å². The van der Waals surface area contributed by atoms with E-state index in [0.29, 0.717) is 17.6 Å². The lowest BCUT2D eigenvalue weighted by atomic mass is 10.1. The summed E-state index contributed by atoms with van der Waals surface area (Å²) in [6.45, 7) is 0. The molecule has 0 saturated heterocycles. The van der Waals surface area contributed by atoms with Crippen LogP contribution in [0.25, 0.3) is 11.4 Å². The van der Waals surface area contributed by atoms with Gasteiger partial charge in [-0.1, -0.05) is 41.0 Å². The van der Waals surface area contributed by atoms with Crippen molar-refractivity contribution in [1.82, 2.24) is 10.1 Å². The molecule has 1 aliphatic rings. The molecule has 1 fully saturated rings. The SMILES string of the molecule is COc1ccccc1-c1noc(C2CC2c2cccc(Cl)c2)n1. The topological polar surface area (TPSA) is 48.2 Å². The van der Waals surface area contributed by atoms with Crippen LogP contribution in [0.3, 0.4) is 0 Å². The van der Waals surface area contributed by atoms with E-state index in [1.54, 1.807) is 7.11 Å². The second-order valence-corrected chi connectivity index (χ2v) is 6.10. The zero-order valence-corrected chi connectivity index (χ0v) is 13.3. The van der Waals surface area contributed by atoms with E-state index >= 15 is 0 Å². The number of aromatic nitrogens is 2. The molecule has 1 saturated carbocycles. The first-order chi connectivity index (χ1) is 11.3. The predicted molar refractivity (Wildman–Crippen MR) is 87.8 cm³/mol. The first-order valence-electron chi connectivity index (χ1n) is 7.48. The van der Waals surface area contributed by atoms with Crippen LogP contribution in [-0.4, -0.2) is 17.3 Å². The Bertz CT molecular complexity index is 846. The van der Waals surface area contributed by atoms with Gasteiger partial charge in [0.25, 0.3) is 0 Å². The molecule has 0 radical (unpaired) electrons. The van der Waals surface area contributed by atoms with Gasteiger partial charge in [-0.2, -0.15) is 4.98 Å². The third-order valence-corrected chi connectivity index (χ3v) is 4.41. The minimum atomic E-state index is 0.268. The molecular formula is C18H15ClN2O2. The number of rotatable bonds is 4. The van der Waals surface area contributed by atoms with Crippen LogP contribution in [0.2, 0.25) is 5.02 Å². The van der Waals surface area contributed by atoms with E-state index in [4.69, 9.17) is 20.9 Å². The van der Waals surface area contributed by atoms with Crippen molar-refractivity contribution in [2.45, 2.75) is 18.3 Å².